The number of ether oxygens (including phenoxy) is 3. The van der Waals surface area contributed by atoms with E-state index in [1.807, 2.05) is 0 Å². The lowest BCUT2D eigenvalue weighted by Gasteiger charge is -2.38. The second-order valence-corrected chi connectivity index (χ2v) is 7.43. The van der Waals surface area contributed by atoms with Gasteiger partial charge in [-0.25, -0.2) is 17.5 Å². The van der Waals surface area contributed by atoms with E-state index in [4.69, 9.17) is 14.2 Å². The van der Waals surface area contributed by atoms with E-state index in [1.165, 1.54) is 13.2 Å². The van der Waals surface area contributed by atoms with Gasteiger partial charge in [0.15, 0.2) is 0 Å². The lowest BCUT2D eigenvalue weighted by Crippen LogP contribution is -2.49. The van der Waals surface area contributed by atoms with Gasteiger partial charge in [-0.05, 0) is 37.5 Å². The molecular formula is C15H20FNO5S. The van der Waals surface area contributed by atoms with E-state index < -0.39 is 15.8 Å². The molecule has 1 saturated heterocycles. The van der Waals surface area contributed by atoms with Crippen molar-refractivity contribution in [2.75, 3.05) is 20.3 Å². The number of halogens is 1. The zero-order chi connectivity index (χ0) is 16.4. The number of sulfonamides is 1. The molecule has 6 nitrogen and oxygen atoms in total. The van der Waals surface area contributed by atoms with E-state index in [9.17, 15) is 12.8 Å². The molecule has 3 rings (SSSR count). The van der Waals surface area contributed by atoms with Crippen LogP contribution < -0.4 is 9.46 Å². The Morgan fingerprint density at radius 2 is 1.96 bits per heavy atom. The summed E-state index contributed by atoms with van der Waals surface area (Å²) in [4.78, 5) is -0.192. The van der Waals surface area contributed by atoms with Gasteiger partial charge >= 0.3 is 0 Å². The summed E-state index contributed by atoms with van der Waals surface area (Å²) >= 11 is 0. The number of benzene rings is 1. The van der Waals surface area contributed by atoms with Gasteiger partial charge in [0, 0.05) is 6.04 Å². The van der Waals surface area contributed by atoms with E-state index >= 15 is 0 Å². The summed E-state index contributed by atoms with van der Waals surface area (Å²) < 4.78 is 57.5. The molecule has 8 heteroatoms. The Morgan fingerprint density at radius 1 is 1.22 bits per heavy atom. The van der Waals surface area contributed by atoms with Crippen molar-refractivity contribution in [3.8, 4) is 5.75 Å². The highest BCUT2D eigenvalue weighted by Crippen LogP contribution is 2.29. The highest BCUT2D eigenvalue weighted by atomic mass is 32.2. The van der Waals surface area contributed by atoms with Crippen molar-refractivity contribution < 1.29 is 27.0 Å². The SMILES string of the molecule is COc1ccc(F)cc1S(=O)(=O)NC1CCC2OCCOC2C1. The molecule has 1 saturated carbocycles. The first-order chi connectivity index (χ1) is 11.0. The summed E-state index contributed by atoms with van der Waals surface area (Å²) in [6, 6.07) is 3.17. The summed E-state index contributed by atoms with van der Waals surface area (Å²) in [6.07, 6.45) is 1.87. The molecule has 2 fully saturated rings. The smallest absolute Gasteiger partial charge is 0.244 e. The Balaban J connectivity index is 1.75. The second-order valence-electron chi connectivity index (χ2n) is 5.74. The summed E-state index contributed by atoms with van der Waals surface area (Å²) in [7, 11) is -2.52. The van der Waals surface area contributed by atoms with Gasteiger partial charge in [0.1, 0.15) is 16.5 Å². The fourth-order valence-corrected chi connectivity index (χ4v) is 4.58. The predicted octanol–water partition coefficient (Wildman–Crippen LogP) is 1.45. The molecule has 0 amide bonds. The van der Waals surface area contributed by atoms with Crippen LogP contribution in [0.25, 0.3) is 0 Å². The first-order valence-corrected chi connectivity index (χ1v) is 9.07. The van der Waals surface area contributed by atoms with Crippen molar-refractivity contribution in [3.05, 3.63) is 24.0 Å². The maximum absolute atomic E-state index is 13.4. The van der Waals surface area contributed by atoms with Gasteiger partial charge in [-0.2, -0.15) is 0 Å². The van der Waals surface area contributed by atoms with Crippen molar-refractivity contribution in [1.29, 1.82) is 0 Å². The van der Waals surface area contributed by atoms with Gasteiger partial charge in [-0.1, -0.05) is 0 Å². The van der Waals surface area contributed by atoms with Crippen LogP contribution in [0.15, 0.2) is 23.1 Å². The van der Waals surface area contributed by atoms with Crippen LogP contribution >= 0.6 is 0 Å². The van der Waals surface area contributed by atoms with E-state index in [2.05, 4.69) is 4.72 Å². The maximum Gasteiger partial charge on any atom is 0.244 e. The Hall–Kier alpha value is -1.22. The molecule has 0 aromatic heterocycles. The molecule has 2 aliphatic rings. The number of hydrogen-bond donors (Lipinski definition) is 1. The van der Waals surface area contributed by atoms with Crippen LogP contribution in [0.4, 0.5) is 4.39 Å². The van der Waals surface area contributed by atoms with Crippen molar-refractivity contribution >= 4 is 10.0 Å². The van der Waals surface area contributed by atoms with E-state index in [0.717, 1.165) is 18.6 Å². The standard InChI is InChI=1S/C15H20FNO5S/c1-20-13-4-2-10(16)8-15(13)23(18,19)17-11-3-5-12-14(9-11)22-7-6-21-12/h2,4,8,11-12,14,17H,3,5-7,9H2,1H3. The van der Waals surface area contributed by atoms with Crippen LogP contribution in [0.1, 0.15) is 19.3 Å². The lowest BCUT2D eigenvalue weighted by molar-refractivity contribution is -0.156. The van der Waals surface area contributed by atoms with E-state index in [0.29, 0.717) is 26.1 Å². The van der Waals surface area contributed by atoms with Gasteiger partial charge in [0.2, 0.25) is 10.0 Å². The Bertz CT molecular complexity index is 666. The van der Waals surface area contributed by atoms with Crippen LogP contribution in [-0.4, -0.2) is 47.0 Å². The zero-order valence-electron chi connectivity index (χ0n) is 12.8. The molecular weight excluding hydrogens is 325 g/mol. The number of hydrogen-bond acceptors (Lipinski definition) is 5. The van der Waals surface area contributed by atoms with Crippen molar-refractivity contribution in [3.63, 3.8) is 0 Å². The summed E-state index contributed by atoms with van der Waals surface area (Å²) in [5.74, 6) is -0.510. The molecule has 23 heavy (non-hydrogen) atoms. The van der Waals surface area contributed by atoms with Crippen molar-refractivity contribution in [2.24, 2.45) is 0 Å². The molecule has 0 spiro atoms. The number of nitrogens with one attached hydrogen (secondary N) is 1. The zero-order valence-corrected chi connectivity index (χ0v) is 13.6. The lowest BCUT2D eigenvalue weighted by atomic mass is 9.90. The average molecular weight is 345 g/mol. The van der Waals surface area contributed by atoms with Gasteiger partial charge in [0.25, 0.3) is 0 Å². The van der Waals surface area contributed by atoms with Crippen LogP contribution in [-0.2, 0) is 19.5 Å². The number of rotatable bonds is 4. The Kier molecular flexibility index (Phi) is 4.86. The highest BCUT2D eigenvalue weighted by molar-refractivity contribution is 7.89. The molecule has 1 N–H and O–H groups in total. The minimum Gasteiger partial charge on any atom is -0.495 e. The average Bonchev–Trinajstić information content (AvgIpc) is 2.54. The molecule has 128 valence electrons. The fraction of sp³-hybridized carbons (Fsp3) is 0.600. The van der Waals surface area contributed by atoms with Crippen LogP contribution in [0.3, 0.4) is 0 Å². The Labute approximate surface area is 135 Å². The molecule has 1 aromatic rings. The van der Waals surface area contributed by atoms with Crippen LogP contribution in [0.5, 0.6) is 5.75 Å². The summed E-state index contributed by atoms with van der Waals surface area (Å²) in [6.45, 7) is 1.11. The minimum atomic E-state index is -3.87. The summed E-state index contributed by atoms with van der Waals surface area (Å²) in [5, 5.41) is 0. The van der Waals surface area contributed by atoms with Gasteiger partial charge in [-0.15, -0.1) is 0 Å². The topological polar surface area (TPSA) is 73.9 Å². The maximum atomic E-state index is 13.4. The number of fused-ring (bicyclic) bond motifs is 1. The van der Waals surface area contributed by atoms with E-state index in [1.54, 1.807) is 0 Å². The largest absolute Gasteiger partial charge is 0.495 e. The normalized spacial score (nSPS) is 28.2. The molecule has 3 atom stereocenters. The molecule has 1 aliphatic carbocycles. The molecule has 0 bridgehead atoms. The highest BCUT2D eigenvalue weighted by Gasteiger charge is 2.36. The van der Waals surface area contributed by atoms with Crippen molar-refractivity contribution in [2.45, 2.75) is 42.4 Å². The summed E-state index contributed by atoms with van der Waals surface area (Å²) in [5.41, 5.74) is 0. The third-order valence-corrected chi connectivity index (χ3v) is 5.76. The van der Waals surface area contributed by atoms with Gasteiger partial charge < -0.3 is 14.2 Å². The molecule has 1 aromatic carbocycles. The fourth-order valence-electron chi connectivity index (χ4n) is 3.12. The van der Waals surface area contributed by atoms with Gasteiger partial charge in [-0.3, -0.25) is 0 Å². The predicted molar refractivity (Wildman–Crippen MR) is 80.4 cm³/mol. The molecule has 0 radical (unpaired) electrons. The molecule has 1 aliphatic heterocycles. The van der Waals surface area contributed by atoms with Crippen molar-refractivity contribution in [1.82, 2.24) is 4.72 Å². The monoisotopic (exact) mass is 345 g/mol. The molecule has 3 unspecified atom stereocenters. The first-order valence-electron chi connectivity index (χ1n) is 7.58. The molecule has 1 heterocycles. The van der Waals surface area contributed by atoms with Gasteiger partial charge in [0.05, 0.1) is 32.5 Å². The second kappa shape index (κ2) is 6.72. The minimum absolute atomic E-state index is 0.0354. The van der Waals surface area contributed by atoms with E-state index in [-0.39, 0.29) is 28.9 Å². The Morgan fingerprint density at radius 3 is 2.70 bits per heavy atom. The quantitative estimate of drug-likeness (QED) is 0.894. The van der Waals surface area contributed by atoms with Crippen LogP contribution in [0, 0.1) is 5.82 Å². The van der Waals surface area contributed by atoms with Crippen LogP contribution in [0.2, 0.25) is 0 Å². The third-order valence-electron chi connectivity index (χ3n) is 4.22. The first kappa shape index (κ1) is 16.6. The third kappa shape index (κ3) is 3.65. The number of methoxy groups -OCH3 is 1.